The summed E-state index contributed by atoms with van der Waals surface area (Å²) < 4.78 is 0. The molecule has 0 spiro atoms. The number of urea groups is 1. The van der Waals surface area contributed by atoms with E-state index in [0.29, 0.717) is 12.0 Å². The molecule has 2 fully saturated rings. The average Bonchev–Trinajstić information content (AvgIpc) is 2.81. The number of amides is 2. The maximum atomic E-state index is 12.4. The standard InChI is InChI=1S/C14H24N2O3/c1-10(13(17)18)9-15(2)14(19)16-8-7-11-5-3-4-6-12(11)16/h10-12H,3-9H2,1-2H3,(H,17,18). The number of carboxylic acids is 1. The van der Waals surface area contributed by atoms with E-state index in [2.05, 4.69) is 0 Å². The largest absolute Gasteiger partial charge is 0.481 e. The zero-order valence-electron chi connectivity index (χ0n) is 11.8. The highest BCUT2D eigenvalue weighted by Crippen LogP contribution is 2.36. The van der Waals surface area contributed by atoms with Crippen LogP contribution in [0.2, 0.25) is 0 Å². The van der Waals surface area contributed by atoms with E-state index in [-0.39, 0.29) is 12.6 Å². The normalized spacial score (nSPS) is 27.8. The third-order valence-electron chi connectivity index (χ3n) is 4.55. The minimum absolute atomic E-state index is 0.00231. The Hall–Kier alpha value is -1.26. The van der Waals surface area contributed by atoms with E-state index in [4.69, 9.17) is 5.11 Å². The van der Waals surface area contributed by atoms with Crippen molar-refractivity contribution in [1.29, 1.82) is 0 Å². The lowest BCUT2D eigenvalue weighted by Gasteiger charge is -2.34. The fraction of sp³-hybridized carbons (Fsp3) is 0.857. The van der Waals surface area contributed by atoms with Crippen molar-refractivity contribution in [3.63, 3.8) is 0 Å². The second-order valence-corrected chi connectivity index (χ2v) is 6.00. The van der Waals surface area contributed by atoms with Gasteiger partial charge in [-0.1, -0.05) is 19.8 Å². The number of rotatable bonds is 3. The van der Waals surface area contributed by atoms with Crippen molar-refractivity contribution < 1.29 is 14.7 Å². The van der Waals surface area contributed by atoms with Crippen LogP contribution in [0.4, 0.5) is 4.79 Å². The average molecular weight is 268 g/mol. The number of carbonyl (C=O) groups excluding carboxylic acids is 1. The predicted octanol–water partition coefficient (Wildman–Crippen LogP) is 2.02. The van der Waals surface area contributed by atoms with Crippen LogP contribution in [0.3, 0.4) is 0 Å². The van der Waals surface area contributed by atoms with Crippen LogP contribution in [0.1, 0.15) is 39.0 Å². The molecule has 1 aliphatic heterocycles. The molecule has 1 heterocycles. The molecule has 1 N–H and O–H groups in total. The summed E-state index contributed by atoms with van der Waals surface area (Å²) in [7, 11) is 1.71. The van der Waals surface area contributed by atoms with Gasteiger partial charge in [-0.3, -0.25) is 4.79 Å². The van der Waals surface area contributed by atoms with Gasteiger partial charge in [0, 0.05) is 26.2 Å². The minimum atomic E-state index is -0.850. The van der Waals surface area contributed by atoms with E-state index < -0.39 is 11.9 Å². The van der Waals surface area contributed by atoms with E-state index in [1.165, 1.54) is 19.3 Å². The highest BCUT2D eigenvalue weighted by molar-refractivity contribution is 5.76. The van der Waals surface area contributed by atoms with Crippen LogP contribution in [0.15, 0.2) is 0 Å². The Morgan fingerprint density at radius 3 is 2.68 bits per heavy atom. The molecule has 108 valence electrons. The van der Waals surface area contributed by atoms with Gasteiger partial charge in [-0.2, -0.15) is 0 Å². The molecule has 1 saturated heterocycles. The highest BCUT2D eigenvalue weighted by atomic mass is 16.4. The Morgan fingerprint density at radius 1 is 1.32 bits per heavy atom. The quantitative estimate of drug-likeness (QED) is 0.852. The smallest absolute Gasteiger partial charge is 0.320 e. The fourth-order valence-electron chi connectivity index (χ4n) is 3.43. The first-order valence-electron chi connectivity index (χ1n) is 7.25. The SMILES string of the molecule is CC(CN(C)C(=O)N1CCC2CCCCC21)C(=O)O. The summed E-state index contributed by atoms with van der Waals surface area (Å²) in [5.41, 5.74) is 0. The lowest BCUT2D eigenvalue weighted by atomic mass is 9.85. The zero-order valence-corrected chi connectivity index (χ0v) is 11.8. The van der Waals surface area contributed by atoms with E-state index >= 15 is 0 Å². The molecule has 1 aliphatic carbocycles. The molecule has 0 radical (unpaired) electrons. The number of likely N-dealkylation sites (tertiary alicyclic amines) is 1. The second kappa shape index (κ2) is 5.80. The summed E-state index contributed by atoms with van der Waals surface area (Å²) in [6, 6.07) is 0.395. The third-order valence-corrected chi connectivity index (χ3v) is 4.55. The van der Waals surface area contributed by atoms with Crippen LogP contribution in [-0.2, 0) is 4.79 Å². The lowest BCUT2D eigenvalue weighted by Crippen LogP contribution is -2.47. The Balaban J connectivity index is 1.93. The number of fused-ring (bicyclic) bond motifs is 1. The van der Waals surface area contributed by atoms with Crippen molar-refractivity contribution >= 4 is 12.0 Å². The van der Waals surface area contributed by atoms with Crippen LogP contribution in [-0.4, -0.2) is 53.1 Å². The van der Waals surface area contributed by atoms with E-state index in [9.17, 15) is 9.59 Å². The molecule has 3 atom stereocenters. The number of nitrogens with zero attached hydrogens (tertiary/aromatic N) is 2. The number of carbonyl (C=O) groups is 2. The molecule has 5 nitrogen and oxygen atoms in total. The maximum Gasteiger partial charge on any atom is 0.320 e. The minimum Gasteiger partial charge on any atom is -0.481 e. The Labute approximate surface area is 114 Å². The van der Waals surface area contributed by atoms with Crippen molar-refractivity contribution in [3.8, 4) is 0 Å². The van der Waals surface area contributed by atoms with E-state index in [0.717, 1.165) is 19.4 Å². The maximum absolute atomic E-state index is 12.4. The Kier molecular flexibility index (Phi) is 4.32. The van der Waals surface area contributed by atoms with Crippen LogP contribution < -0.4 is 0 Å². The van der Waals surface area contributed by atoms with Gasteiger partial charge in [-0.05, 0) is 25.2 Å². The Bertz CT molecular complexity index is 359. The van der Waals surface area contributed by atoms with Gasteiger partial charge < -0.3 is 14.9 Å². The van der Waals surface area contributed by atoms with Gasteiger partial charge in [0.25, 0.3) is 0 Å². The first-order valence-corrected chi connectivity index (χ1v) is 7.25. The van der Waals surface area contributed by atoms with Crippen molar-refractivity contribution in [2.75, 3.05) is 20.1 Å². The summed E-state index contributed by atoms with van der Waals surface area (Å²) in [6.07, 6.45) is 5.95. The molecule has 2 amide bonds. The summed E-state index contributed by atoms with van der Waals surface area (Å²) >= 11 is 0. The molecular formula is C14H24N2O3. The number of hydrogen-bond acceptors (Lipinski definition) is 2. The van der Waals surface area contributed by atoms with Gasteiger partial charge in [0.1, 0.15) is 0 Å². The van der Waals surface area contributed by atoms with Crippen molar-refractivity contribution in [2.45, 2.75) is 45.1 Å². The van der Waals surface area contributed by atoms with E-state index in [1.54, 1.807) is 18.9 Å². The third kappa shape index (κ3) is 3.01. The molecule has 5 heteroatoms. The van der Waals surface area contributed by atoms with E-state index in [1.807, 2.05) is 4.90 Å². The molecule has 2 aliphatic rings. The zero-order chi connectivity index (χ0) is 14.0. The van der Waals surface area contributed by atoms with Crippen molar-refractivity contribution in [1.82, 2.24) is 9.80 Å². The molecule has 3 unspecified atom stereocenters. The summed E-state index contributed by atoms with van der Waals surface area (Å²) in [6.45, 7) is 2.75. The topological polar surface area (TPSA) is 60.9 Å². The van der Waals surface area contributed by atoms with Gasteiger partial charge in [0.05, 0.1) is 5.92 Å². The van der Waals surface area contributed by atoms with Gasteiger partial charge >= 0.3 is 12.0 Å². The van der Waals surface area contributed by atoms with Gasteiger partial charge in [-0.25, -0.2) is 4.79 Å². The summed E-state index contributed by atoms with van der Waals surface area (Å²) in [5.74, 6) is -0.696. The molecule has 1 saturated carbocycles. The molecule has 19 heavy (non-hydrogen) atoms. The van der Waals surface area contributed by atoms with Crippen LogP contribution in [0.25, 0.3) is 0 Å². The van der Waals surface area contributed by atoms with Gasteiger partial charge in [0.15, 0.2) is 0 Å². The number of hydrogen-bond donors (Lipinski definition) is 1. The summed E-state index contributed by atoms with van der Waals surface area (Å²) in [5, 5.41) is 8.91. The Morgan fingerprint density at radius 2 is 2.00 bits per heavy atom. The molecule has 2 rings (SSSR count). The second-order valence-electron chi connectivity index (χ2n) is 6.00. The summed E-state index contributed by atoms with van der Waals surface area (Å²) in [4.78, 5) is 26.8. The molecular weight excluding hydrogens is 244 g/mol. The fourth-order valence-corrected chi connectivity index (χ4v) is 3.43. The lowest BCUT2D eigenvalue weighted by molar-refractivity contribution is -0.141. The highest BCUT2D eigenvalue weighted by Gasteiger charge is 2.39. The van der Waals surface area contributed by atoms with Crippen LogP contribution >= 0.6 is 0 Å². The first-order chi connectivity index (χ1) is 9.00. The monoisotopic (exact) mass is 268 g/mol. The van der Waals surface area contributed by atoms with Gasteiger partial charge in [0.2, 0.25) is 0 Å². The molecule has 0 bridgehead atoms. The first kappa shape index (κ1) is 14.2. The predicted molar refractivity (Wildman–Crippen MR) is 71.9 cm³/mol. The number of carboxylic acid groups (broad SMARTS) is 1. The molecule has 0 aromatic heterocycles. The van der Waals surface area contributed by atoms with Gasteiger partial charge in [-0.15, -0.1) is 0 Å². The van der Waals surface area contributed by atoms with Crippen LogP contribution in [0, 0.1) is 11.8 Å². The van der Waals surface area contributed by atoms with Crippen molar-refractivity contribution in [2.24, 2.45) is 11.8 Å². The molecule has 0 aromatic rings. The molecule has 0 aromatic carbocycles. The van der Waals surface area contributed by atoms with Crippen molar-refractivity contribution in [3.05, 3.63) is 0 Å². The van der Waals surface area contributed by atoms with Crippen LogP contribution in [0.5, 0.6) is 0 Å². The number of aliphatic carboxylic acids is 1.